The first-order valence-corrected chi connectivity index (χ1v) is 11.3. The predicted octanol–water partition coefficient (Wildman–Crippen LogP) is 4.86. The molecular formula is C26H27N5O3. The van der Waals surface area contributed by atoms with Gasteiger partial charge in [0.25, 0.3) is 0 Å². The van der Waals surface area contributed by atoms with Crippen molar-refractivity contribution in [3.05, 3.63) is 71.8 Å². The second-order valence-corrected chi connectivity index (χ2v) is 8.46. The number of nitrogens with one attached hydrogen (secondary N) is 2. The molecule has 34 heavy (non-hydrogen) atoms. The van der Waals surface area contributed by atoms with Crippen LogP contribution in [0.5, 0.6) is 0 Å². The Morgan fingerprint density at radius 2 is 1.79 bits per heavy atom. The third kappa shape index (κ3) is 4.73. The van der Waals surface area contributed by atoms with E-state index in [1.165, 1.54) is 0 Å². The summed E-state index contributed by atoms with van der Waals surface area (Å²) in [6.45, 7) is 5.99. The molecule has 0 saturated carbocycles. The SMILES string of the molecule is Cc1cccc(NC(=O)Nc2ccc(-c3ccc(CN4CCOCC4)c4onc(N)c34)cc2)c1. The van der Waals surface area contributed by atoms with Gasteiger partial charge in [-0.15, -0.1) is 0 Å². The molecule has 2 heterocycles. The molecular weight excluding hydrogens is 430 g/mol. The number of benzene rings is 3. The van der Waals surface area contributed by atoms with Gasteiger partial charge in [-0.05, 0) is 47.9 Å². The van der Waals surface area contributed by atoms with E-state index in [4.69, 9.17) is 15.0 Å². The number of amides is 2. The number of fused-ring (bicyclic) bond motifs is 1. The minimum atomic E-state index is -0.295. The third-order valence-electron chi connectivity index (χ3n) is 5.96. The second-order valence-electron chi connectivity index (χ2n) is 8.46. The van der Waals surface area contributed by atoms with E-state index in [9.17, 15) is 4.79 Å². The summed E-state index contributed by atoms with van der Waals surface area (Å²) in [4.78, 5) is 14.7. The molecule has 0 spiro atoms. The normalized spacial score (nSPS) is 14.3. The Hall–Kier alpha value is -3.88. The van der Waals surface area contributed by atoms with Crippen molar-refractivity contribution in [1.29, 1.82) is 0 Å². The fraction of sp³-hybridized carbons (Fsp3) is 0.231. The van der Waals surface area contributed by atoms with Crippen molar-refractivity contribution in [2.45, 2.75) is 13.5 Å². The van der Waals surface area contributed by atoms with Crippen LogP contribution in [0, 0.1) is 6.92 Å². The maximum atomic E-state index is 12.4. The highest BCUT2D eigenvalue weighted by Crippen LogP contribution is 2.35. The van der Waals surface area contributed by atoms with Gasteiger partial charge in [0.2, 0.25) is 0 Å². The molecule has 8 heteroatoms. The molecule has 3 aromatic carbocycles. The van der Waals surface area contributed by atoms with Crippen LogP contribution >= 0.6 is 0 Å². The lowest BCUT2D eigenvalue weighted by Crippen LogP contribution is -2.35. The highest BCUT2D eigenvalue weighted by molar-refractivity contribution is 6.03. The molecule has 0 unspecified atom stereocenters. The van der Waals surface area contributed by atoms with Gasteiger partial charge in [0.15, 0.2) is 11.4 Å². The molecule has 4 aromatic rings. The Kier molecular flexibility index (Phi) is 6.16. The quantitative estimate of drug-likeness (QED) is 0.395. The van der Waals surface area contributed by atoms with Gasteiger partial charge in [0.1, 0.15) is 0 Å². The smallest absolute Gasteiger partial charge is 0.323 e. The number of aryl methyl sites for hydroxylation is 1. The number of morpholine rings is 1. The molecule has 0 atom stereocenters. The molecule has 4 N–H and O–H groups in total. The first-order chi connectivity index (χ1) is 16.6. The summed E-state index contributed by atoms with van der Waals surface area (Å²) in [5.74, 6) is 0.369. The fourth-order valence-electron chi connectivity index (χ4n) is 4.24. The summed E-state index contributed by atoms with van der Waals surface area (Å²) >= 11 is 0. The van der Waals surface area contributed by atoms with E-state index in [2.05, 4.69) is 32.8 Å². The molecule has 1 aromatic heterocycles. The van der Waals surface area contributed by atoms with E-state index in [-0.39, 0.29) is 6.03 Å². The average Bonchev–Trinajstić information content (AvgIpc) is 3.23. The molecule has 2 amide bonds. The van der Waals surface area contributed by atoms with Crippen molar-refractivity contribution >= 4 is 34.2 Å². The van der Waals surface area contributed by atoms with E-state index in [1.807, 2.05) is 55.5 Å². The van der Waals surface area contributed by atoms with Gasteiger partial charge >= 0.3 is 6.03 Å². The summed E-state index contributed by atoms with van der Waals surface area (Å²) < 4.78 is 11.1. The van der Waals surface area contributed by atoms with Crippen LogP contribution in [0.2, 0.25) is 0 Å². The number of nitrogens with zero attached hydrogens (tertiary/aromatic N) is 2. The Bertz CT molecular complexity index is 1310. The van der Waals surface area contributed by atoms with E-state index in [0.29, 0.717) is 17.1 Å². The molecule has 0 bridgehead atoms. The van der Waals surface area contributed by atoms with Gasteiger partial charge in [0, 0.05) is 36.6 Å². The van der Waals surface area contributed by atoms with Crippen LogP contribution in [-0.4, -0.2) is 42.4 Å². The first-order valence-electron chi connectivity index (χ1n) is 11.3. The zero-order valence-corrected chi connectivity index (χ0v) is 19.0. The molecule has 1 aliphatic heterocycles. The van der Waals surface area contributed by atoms with E-state index >= 15 is 0 Å². The van der Waals surface area contributed by atoms with Crippen LogP contribution in [0.15, 0.2) is 65.2 Å². The topological polar surface area (TPSA) is 106 Å². The van der Waals surface area contributed by atoms with Crippen LogP contribution in [0.4, 0.5) is 22.0 Å². The van der Waals surface area contributed by atoms with Crippen LogP contribution < -0.4 is 16.4 Å². The summed E-state index contributed by atoms with van der Waals surface area (Å²) in [7, 11) is 0. The van der Waals surface area contributed by atoms with Gasteiger partial charge in [-0.25, -0.2) is 4.79 Å². The number of hydrogen-bond donors (Lipinski definition) is 3. The summed E-state index contributed by atoms with van der Waals surface area (Å²) in [5, 5.41) is 10.6. The average molecular weight is 458 g/mol. The molecule has 8 nitrogen and oxygen atoms in total. The number of rotatable bonds is 5. The zero-order valence-electron chi connectivity index (χ0n) is 19.0. The Morgan fingerprint density at radius 1 is 1.03 bits per heavy atom. The lowest BCUT2D eigenvalue weighted by atomic mass is 9.98. The third-order valence-corrected chi connectivity index (χ3v) is 5.96. The van der Waals surface area contributed by atoms with Gasteiger partial charge in [-0.2, -0.15) is 0 Å². The van der Waals surface area contributed by atoms with Crippen molar-refractivity contribution in [2.24, 2.45) is 0 Å². The minimum absolute atomic E-state index is 0.295. The van der Waals surface area contributed by atoms with E-state index in [0.717, 1.165) is 66.2 Å². The van der Waals surface area contributed by atoms with Crippen molar-refractivity contribution in [1.82, 2.24) is 10.1 Å². The number of carbonyl (C=O) groups excluding carboxylic acids is 1. The maximum absolute atomic E-state index is 12.4. The van der Waals surface area contributed by atoms with Gasteiger partial charge in [0.05, 0.1) is 18.6 Å². The number of hydrogen-bond acceptors (Lipinski definition) is 6. The van der Waals surface area contributed by atoms with Crippen LogP contribution in [0.25, 0.3) is 22.1 Å². The monoisotopic (exact) mass is 457 g/mol. The summed E-state index contributed by atoms with van der Waals surface area (Å²) in [5.41, 5.74) is 12.4. The second kappa shape index (κ2) is 9.54. The first kappa shape index (κ1) is 21.9. The van der Waals surface area contributed by atoms with E-state index < -0.39 is 0 Å². The number of ether oxygens (including phenoxy) is 1. The lowest BCUT2D eigenvalue weighted by Gasteiger charge is -2.26. The van der Waals surface area contributed by atoms with Gasteiger partial charge in [-0.1, -0.05) is 41.6 Å². The van der Waals surface area contributed by atoms with Crippen LogP contribution in [0.1, 0.15) is 11.1 Å². The number of anilines is 3. The van der Waals surface area contributed by atoms with Gasteiger partial charge < -0.3 is 25.6 Å². The molecule has 5 rings (SSSR count). The number of carbonyl (C=O) groups is 1. The number of nitrogen functional groups attached to an aromatic ring is 1. The number of nitrogens with two attached hydrogens (primary N) is 1. The largest absolute Gasteiger partial charge is 0.380 e. The maximum Gasteiger partial charge on any atom is 0.323 e. The Labute approximate surface area is 197 Å². The molecule has 1 aliphatic rings. The standard InChI is InChI=1S/C26H27N5O3/c1-17-3-2-4-21(15-17)29-26(32)28-20-8-5-18(6-9-20)22-10-7-19(16-31-11-13-33-14-12-31)24-23(22)25(27)30-34-24/h2-10,15H,11-14,16H2,1H3,(H2,27,30)(H2,28,29,32). The van der Waals surface area contributed by atoms with E-state index in [1.54, 1.807) is 0 Å². The summed E-state index contributed by atoms with van der Waals surface area (Å²) in [6.07, 6.45) is 0. The van der Waals surface area contributed by atoms with Crippen molar-refractivity contribution in [3.8, 4) is 11.1 Å². The molecule has 174 valence electrons. The highest BCUT2D eigenvalue weighted by atomic mass is 16.5. The van der Waals surface area contributed by atoms with Crippen LogP contribution in [0.3, 0.4) is 0 Å². The fourth-order valence-corrected chi connectivity index (χ4v) is 4.24. The number of urea groups is 1. The predicted molar refractivity (Wildman–Crippen MR) is 134 cm³/mol. The van der Waals surface area contributed by atoms with Gasteiger partial charge in [-0.3, -0.25) is 4.90 Å². The molecule has 1 saturated heterocycles. The summed E-state index contributed by atoms with van der Waals surface area (Å²) in [6, 6.07) is 19.1. The minimum Gasteiger partial charge on any atom is -0.380 e. The van der Waals surface area contributed by atoms with Crippen molar-refractivity contribution in [3.63, 3.8) is 0 Å². The Balaban J connectivity index is 1.34. The molecule has 1 fully saturated rings. The molecule has 0 aliphatic carbocycles. The van der Waals surface area contributed by atoms with Crippen LogP contribution in [-0.2, 0) is 11.3 Å². The van der Waals surface area contributed by atoms with Crippen molar-refractivity contribution < 1.29 is 14.1 Å². The Morgan fingerprint density at radius 3 is 2.56 bits per heavy atom. The zero-order chi connectivity index (χ0) is 23.5. The van der Waals surface area contributed by atoms with Crippen molar-refractivity contribution in [2.75, 3.05) is 42.7 Å². The lowest BCUT2D eigenvalue weighted by molar-refractivity contribution is 0.0342. The highest BCUT2D eigenvalue weighted by Gasteiger charge is 2.19. The number of aromatic nitrogens is 1. The molecule has 0 radical (unpaired) electrons.